The topological polar surface area (TPSA) is 57.7 Å². The Morgan fingerprint density at radius 3 is 3.06 bits per heavy atom. The van der Waals surface area contributed by atoms with Crippen LogP contribution in [0.2, 0.25) is 5.02 Å². The van der Waals surface area contributed by atoms with Crippen molar-refractivity contribution in [3.63, 3.8) is 0 Å². The summed E-state index contributed by atoms with van der Waals surface area (Å²) in [5.41, 5.74) is 1.49. The van der Waals surface area contributed by atoms with Gasteiger partial charge in [-0.05, 0) is 18.2 Å². The van der Waals surface area contributed by atoms with Crippen molar-refractivity contribution in [1.82, 2.24) is 14.8 Å². The Balaban J connectivity index is 1.96. The van der Waals surface area contributed by atoms with Crippen LogP contribution in [0.1, 0.15) is 11.4 Å². The second kappa shape index (κ2) is 4.31. The number of aromatic nitrogens is 3. The first kappa shape index (κ1) is 11.1. The summed E-state index contributed by atoms with van der Waals surface area (Å²) >= 11 is 5.90. The molecule has 0 spiro atoms. The van der Waals surface area contributed by atoms with Crippen LogP contribution in [0.5, 0.6) is 0 Å². The van der Waals surface area contributed by atoms with Gasteiger partial charge in [-0.1, -0.05) is 11.6 Å². The predicted molar refractivity (Wildman–Crippen MR) is 67.2 cm³/mol. The summed E-state index contributed by atoms with van der Waals surface area (Å²) in [5.74, 6) is 0.917. The van der Waals surface area contributed by atoms with Crippen LogP contribution in [0.3, 0.4) is 0 Å². The monoisotopic (exact) mass is 259 g/mol. The normalized spacial score (nSPS) is 14.1. The first-order valence-corrected chi connectivity index (χ1v) is 5.97. The van der Waals surface area contributed by atoms with E-state index in [2.05, 4.69) is 21.2 Å². The molecule has 0 amide bonds. The Hall–Kier alpha value is -2.06. The molecule has 0 unspecified atom stereocenters. The maximum atomic E-state index is 9.16. The zero-order valence-corrected chi connectivity index (χ0v) is 10.3. The number of nitrogens with zero attached hydrogens (tertiary/aromatic N) is 5. The Kier molecular flexibility index (Phi) is 2.65. The standard InChI is InChI=1S/C12H10ClN5/c13-10-1-2-11(9(5-10)6-14)17-3-4-18-8-15-16-12(18)7-17/h1-2,5,8H,3-4,7H2. The summed E-state index contributed by atoms with van der Waals surface area (Å²) in [7, 11) is 0. The van der Waals surface area contributed by atoms with E-state index in [9.17, 15) is 0 Å². The number of rotatable bonds is 1. The number of hydrogen-bond donors (Lipinski definition) is 0. The van der Waals surface area contributed by atoms with Gasteiger partial charge in [0, 0.05) is 18.1 Å². The molecule has 2 heterocycles. The zero-order valence-electron chi connectivity index (χ0n) is 9.54. The number of anilines is 1. The largest absolute Gasteiger partial charge is 0.361 e. The summed E-state index contributed by atoms with van der Waals surface area (Å²) in [6, 6.07) is 7.56. The summed E-state index contributed by atoms with van der Waals surface area (Å²) in [6.07, 6.45) is 1.74. The Morgan fingerprint density at radius 1 is 1.33 bits per heavy atom. The predicted octanol–water partition coefficient (Wildman–Crippen LogP) is 1.82. The van der Waals surface area contributed by atoms with Gasteiger partial charge < -0.3 is 9.47 Å². The van der Waals surface area contributed by atoms with Gasteiger partial charge >= 0.3 is 0 Å². The van der Waals surface area contributed by atoms with Crippen LogP contribution in [0.15, 0.2) is 24.5 Å². The Morgan fingerprint density at radius 2 is 2.22 bits per heavy atom. The SMILES string of the molecule is N#Cc1cc(Cl)ccc1N1CCn2cnnc2C1. The molecule has 0 radical (unpaired) electrons. The van der Waals surface area contributed by atoms with Gasteiger partial charge in [0.1, 0.15) is 12.4 Å². The van der Waals surface area contributed by atoms with Gasteiger partial charge in [0.15, 0.2) is 5.82 Å². The molecule has 5 nitrogen and oxygen atoms in total. The maximum absolute atomic E-state index is 9.16. The minimum absolute atomic E-state index is 0.579. The van der Waals surface area contributed by atoms with E-state index in [1.165, 1.54) is 0 Å². The van der Waals surface area contributed by atoms with Gasteiger partial charge in [-0.25, -0.2) is 0 Å². The van der Waals surface area contributed by atoms with Crippen molar-refractivity contribution in [3.05, 3.63) is 40.9 Å². The minimum atomic E-state index is 0.579. The van der Waals surface area contributed by atoms with Gasteiger partial charge in [-0.3, -0.25) is 0 Å². The summed E-state index contributed by atoms with van der Waals surface area (Å²) in [4.78, 5) is 2.12. The van der Waals surface area contributed by atoms with Crippen molar-refractivity contribution >= 4 is 17.3 Å². The highest BCUT2D eigenvalue weighted by Gasteiger charge is 2.19. The van der Waals surface area contributed by atoms with Gasteiger partial charge in [-0.15, -0.1) is 10.2 Å². The molecule has 0 fully saturated rings. The van der Waals surface area contributed by atoms with Crippen molar-refractivity contribution in [2.45, 2.75) is 13.1 Å². The van der Waals surface area contributed by atoms with Gasteiger partial charge in [0.05, 0.1) is 17.8 Å². The second-order valence-corrected chi connectivity index (χ2v) is 4.57. The molecule has 1 aliphatic rings. The van der Waals surface area contributed by atoms with Gasteiger partial charge in [-0.2, -0.15) is 5.26 Å². The number of nitriles is 1. The lowest BCUT2D eigenvalue weighted by Crippen LogP contribution is -2.34. The van der Waals surface area contributed by atoms with Crippen LogP contribution in [-0.2, 0) is 13.1 Å². The molecule has 6 heteroatoms. The van der Waals surface area contributed by atoms with Crippen molar-refractivity contribution < 1.29 is 0 Å². The minimum Gasteiger partial charge on any atom is -0.361 e. The van der Waals surface area contributed by atoms with E-state index < -0.39 is 0 Å². The number of hydrogen-bond acceptors (Lipinski definition) is 4. The Bertz CT molecular complexity index is 628. The first-order chi connectivity index (χ1) is 8.78. The fourth-order valence-corrected chi connectivity index (χ4v) is 2.32. The lowest BCUT2D eigenvalue weighted by Gasteiger charge is -2.29. The van der Waals surface area contributed by atoms with E-state index in [0.717, 1.165) is 24.6 Å². The van der Waals surface area contributed by atoms with Gasteiger partial charge in [0.25, 0.3) is 0 Å². The highest BCUT2D eigenvalue weighted by atomic mass is 35.5. The summed E-state index contributed by atoms with van der Waals surface area (Å²) in [5, 5.41) is 17.7. The smallest absolute Gasteiger partial charge is 0.152 e. The molecule has 0 bridgehead atoms. The third-order valence-electron chi connectivity index (χ3n) is 3.06. The third kappa shape index (κ3) is 1.81. The molecule has 0 aliphatic carbocycles. The molecule has 18 heavy (non-hydrogen) atoms. The van der Waals surface area contributed by atoms with E-state index >= 15 is 0 Å². The van der Waals surface area contributed by atoms with Crippen LogP contribution < -0.4 is 4.90 Å². The highest BCUT2D eigenvalue weighted by molar-refractivity contribution is 6.30. The molecule has 0 N–H and O–H groups in total. The molecule has 0 saturated heterocycles. The maximum Gasteiger partial charge on any atom is 0.152 e. The van der Waals surface area contributed by atoms with E-state index in [4.69, 9.17) is 16.9 Å². The van der Waals surface area contributed by atoms with Crippen LogP contribution in [0.25, 0.3) is 0 Å². The van der Waals surface area contributed by atoms with E-state index in [1.807, 2.05) is 10.6 Å². The fraction of sp³-hybridized carbons (Fsp3) is 0.250. The van der Waals surface area contributed by atoms with Crippen LogP contribution in [0, 0.1) is 11.3 Å². The van der Waals surface area contributed by atoms with Crippen LogP contribution in [-0.4, -0.2) is 21.3 Å². The molecular weight excluding hydrogens is 250 g/mol. The van der Waals surface area contributed by atoms with Crippen molar-refractivity contribution in [2.24, 2.45) is 0 Å². The highest BCUT2D eigenvalue weighted by Crippen LogP contribution is 2.26. The Labute approximate surface area is 109 Å². The van der Waals surface area contributed by atoms with Crippen molar-refractivity contribution in [1.29, 1.82) is 5.26 Å². The average molecular weight is 260 g/mol. The second-order valence-electron chi connectivity index (χ2n) is 4.14. The molecule has 1 aromatic carbocycles. The zero-order chi connectivity index (χ0) is 12.5. The average Bonchev–Trinajstić information content (AvgIpc) is 2.85. The van der Waals surface area contributed by atoms with E-state index in [-0.39, 0.29) is 0 Å². The van der Waals surface area contributed by atoms with Crippen LogP contribution in [0.4, 0.5) is 5.69 Å². The summed E-state index contributed by atoms with van der Waals surface area (Å²) in [6.45, 7) is 2.33. The first-order valence-electron chi connectivity index (χ1n) is 5.59. The molecule has 1 aromatic heterocycles. The molecule has 0 saturated carbocycles. The quantitative estimate of drug-likeness (QED) is 0.784. The molecule has 1 aliphatic heterocycles. The molecule has 90 valence electrons. The number of benzene rings is 1. The van der Waals surface area contributed by atoms with Crippen molar-refractivity contribution in [2.75, 3.05) is 11.4 Å². The molecule has 3 rings (SSSR count). The molecule has 0 atom stereocenters. The summed E-state index contributed by atoms with van der Waals surface area (Å²) < 4.78 is 2.03. The molecule has 2 aromatic rings. The van der Waals surface area contributed by atoms with Gasteiger partial charge in [0.2, 0.25) is 0 Å². The fourth-order valence-electron chi connectivity index (χ4n) is 2.15. The lowest BCUT2D eigenvalue weighted by atomic mass is 10.1. The van der Waals surface area contributed by atoms with E-state index in [1.54, 1.807) is 18.5 Å². The van der Waals surface area contributed by atoms with Crippen LogP contribution >= 0.6 is 11.6 Å². The van der Waals surface area contributed by atoms with Crippen molar-refractivity contribution in [3.8, 4) is 6.07 Å². The lowest BCUT2D eigenvalue weighted by molar-refractivity contribution is 0.560. The van der Waals surface area contributed by atoms with E-state index in [0.29, 0.717) is 17.1 Å². The third-order valence-corrected chi connectivity index (χ3v) is 3.29. The molecular formula is C12H10ClN5. The number of halogens is 1. The number of fused-ring (bicyclic) bond motifs is 1.